The molecular formula is C11H6BrCl2N. The Hall–Kier alpha value is -0.570. The van der Waals surface area contributed by atoms with Gasteiger partial charge in [0, 0.05) is 10.6 Å². The fraction of sp³-hybridized carbons (Fsp3) is 0. The van der Waals surface area contributed by atoms with Crippen LogP contribution in [0.25, 0.3) is 11.3 Å². The van der Waals surface area contributed by atoms with Crippen molar-refractivity contribution in [3.05, 3.63) is 51.0 Å². The van der Waals surface area contributed by atoms with Gasteiger partial charge in [-0.3, -0.25) is 0 Å². The second kappa shape index (κ2) is 4.52. The van der Waals surface area contributed by atoms with E-state index in [1.54, 1.807) is 12.1 Å². The normalized spacial score (nSPS) is 10.3. The van der Waals surface area contributed by atoms with Crippen molar-refractivity contribution in [1.29, 1.82) is 0 Å². The Kier molecular flexibility index (Phi) is 3.29. The summed E-state index contributed by atoms with van der Waals surface area (Å²) in [7, 11) is 0. The molecule has 2 rings (SSSR count). The number of aromatic nitrogens is 1. The predicted octanol–water partition coefficient (Wildman–Crippen LogP) is 4.82. The van der Waals surface area contributed by atoms with Crippen molar-refractivity contribution in [3.63, 3.8) is 0 Å². The van der Waals surface area contributed by atoms with Crippen LogP contribution in [-0.2, 0) is 0 Å². The fourth-order valence-electron chi connectivity index (χ4n) is 1.26. The van der Waals surface area contributed by atoms with Gasteiger partial charge in [0.25, 0.3) is 0 Å². The number of pyridine rings is 1. The lowest BCUT2D eigenvalue weighted by atomic mass is 10.1. The zero-order valence-corrected chi connectivity index (χ0v) is 10.6. The molecule has 15 heavy (non-hydrogen) atoms. The molecule has 76 valence electrons. The number of benzene rings is 1. The Balaban J connectivity index is 2.54. The van der Waals surface area contributed by atoms with Gasteiger partial charge in [0.1, 0.15) is 4.60 Å². The molecule has 0 amide bonds. The second-order valence-electron chi connectivity index (χ2n) is 2.97. The Bertz CT molecular complexity index is 500. The molecule has 1 aromatic carbocycles. The van der Waals surface area contributed by atoms with E-state index in [-0.39, 0.29) is 0 Å². The Morgan fingerprint density at radius 2 is 1.87 bits per heavy atom. The molecule has 0 atom stereocenters. The molecule has 1 heterocycles. The van der Waals surface area contributed by atoms with Crippen LogP contribution in [0.1, 0.15) is 0 Å². The van der Waals surface area contributed by atoms with E-state index in [1.807, 2.05) is 24.3 Å². The summed E-state index contributed by atoms with van der Waals surface area (Å²) in [5, 5.41) is 1.23. The summed E-state index contributed by atoms with van der Waals surface area (Å²) in [5.74, 6) is 0. The van der Waals surface area contributed by atoms with Gasteiger partial charge in [0.15, 0.2) is 0 Å². The SMILES string of the molecule is Clc1ccc(-c2cccc(Br)n2)c(Cl)c1. The Labute approximate surface area is 106 Å². The number of halogens is 3. The van der Waals surface area contributed by atoms with Crippen molar-refractivity contribution in [2.24, 2.45) is 0 Å². The molecule has 0 unspecified atom stereocenters. The quantitative estimate of drug-likeness (QED) is 0.688. The monoisotopic (exact) mass is 301 g/mol. The van der Waals surface area contributed by atoms with Gasteiger partial charge in [0.2, 0.25) is 0 Å². The van der Waals surface area contributed by atoms with Gasteiger partial charge in [-0.15, -0.1) is 0 Å². The standard InChI is InChI=1S/C11H6BrCl2N/c12-11-3-1-2-10(15-11)8-5-4-7(13)6-9(8)14/h1-6H. The molecule has 0 saturated carbocycles. The molecule has 0 bridgehead atoms. The molecule has 0 fully saturated rings. The van der Waals surface area contributed by atoms with E-state index in [4.69, 9.17) is 23.2 Å². The Morgan fingerprint density at radius 1 is 1.07 bits per heavy atom. The van der Waals surface area contributed by atoms with Crippen LogP contribution in [0.15, 0.2) is 41.0 Å². The summed E-state index contributed by atoms with van der Waals surface area (Å²) < 4.78 is 0.783. The van der Waals surface area contributed by atoms with Gasteiger partial charge < -0.3 is 0 Å². The molecule has 0 aliphatic rings. The van der Waals surface area contributed by atoms with E-state index >= 15 is 0 Å². The van der Waals surface area contributed by atoms with Crippen molar-refractivity contribution < 1.29 is 0 Å². The Morgan fingerprint density at radius 3 is 2.53 bits per heavy atom. The van der Waals surface area contributed by atoms with Crippen molar-refractivity contribution in [2.45, 2.75) is 0 Å². The lowest BCUT2D eigenvalue weighted by Gasteiger charge is -2.04. The summed E-state index contributed by atoms with van der Waals surface area (Å²) in [4.78, 5) is 4.32. The lowest BCUT2D eigenvalue weighted by molar-refractivity contribution is 1.28. The molecule has 2 aromatic rings. The lowest BCUT2D eigenvalue weighted by Crippen LogP contribution is -1.84. The molecular weight excluding hydrogens is 297 g/mol. The van der Waals surface area contributed by atoms with Crippen LogP contribution in [0.4, 0.5) is 0 Å². The minimum absolute atomic E-state index is 0.605. The minimum atomic E-state index is 0.605. The number of rotatable bonds is 1. The van der Waals surface area contributed by atoms with Crippen molar-refractivity contribution >= 4 is 39.1 Å². The van der Waals surface area contributed by atoms with Crippen LogP contribution in [0, 0.1) is 0 Å². The third-order valence-electron chi connectivity index (χ3n) is 1.92. The fourth-order valence-corrected chi connectivity index (χ4v) is 2.10. The van der Waals surface area contributed by atoms with Crippen LogP contribution in [0.3, 0.4) is 0 Å². The third-order valence-corrected chi connectivity index (χ3v) is 2.91. The van der Waals surface area contributed by atoms with E-state index in [9.17, 15) is 0 Å². The molecule has 0 spiro atoms. The van der Waals surface area contributed by atoms with Gasteiger partial charge in [-0.1, -0.05) is 29.3 Å². The molecule has 4 heteroatoms. The molecule has 0 aliphatic heterocycles. The molecule has 0 N–H and O–H groups in total. The number of hydrogen-bond donors (Lipinski definition) is 0. The van der Waals surface area contributed by atoms with Gasteiger partial charge in [0.05, 0.1) is 10.7 Å². The highest BCUT2D eigenvalue weighted by atomic mass is 79.9. The van der Waals surface area contributed by atoms with Crippen molar-refractivity contribution in [3.8, 4) is 11.3 Å². The van der Waals surface area contributed by atoms with E-state index in [0.717, 1.165) is 15.9 Å². The minimum Gasteiger partial charge on any atom is -0.241 e. The average molecular weight is 303 g/mol. The first kappa shape index (κ1) is 10.9. The van der Waals surface area contributed by atoms with Crippen molar-refractivity contribution in [2.75, 3.05) is 0 Å². The molecule has 1 nitrogen and oxygen atoms in total. The van der Waals surface area contributed by atoms with Gasteiger partial charge in [-0.2, -0.15) is 0 Å². The summed E-state index contributed by atoms with van der Waals surface area (Å²) in [6, 6.07) is 11.1. The van der Waals surface area contributed by atoms with E-state index in [0.29, 0.717) is 10.0 Å². The first-order valence-electron chi connectivity index (χ1n) is 4.25. The van der Waals surface area contributed by atoms with Crippen LogP contribution >= 0.6 is 39.1 Å². The predicted molar refractivity (Wildman–Crippen MR) is 67.4 cm³/mol. The zero-order valence-electron chi connectivity index (χ0n) is 7.55. The van der Waals surface area contributed by atoms with E-state index in [2.05, 4.69) is 20.9 Å². The van der Waals surface area contributed by atoms with Crippen LogP contribution in [0.5, 0.6) is 0 Å². The van der Waals surface area contributed by atoms with Crippen LogP contribution in [0.2, 0.25) is 10.0 Å². The highest BCUT2D eigenvalue weighted by molar-refractivity contribution is 9.10. The smallest absolute Gasteiger partial charge is 0.106 e. The number of hydrogen-bond acceptors (Lipinski definition) is 1. The van der Waals surface area contributed by atoms with Gasteiger partial charge in [-0.25, -0.2) is 4.98 Å². The number of nitrogens with zero attached hydrogens (tertiary/aromatic N) is 1. The summed E-state index contributed by atoms with van der Waals surface area (Å²) in [6.45, 7) is 0. The summed E-state index contributed by atoms with van der Waals surface area (Å²) in [5.41, 5.74) is 1.70. The van der Waals surface area contributed by atoms with Gasteiger partial charge >= 0.3 is 0 Å². The molecule has 0 radical (unpaired) electrons. The largest absolute Gasteiger partial charge is 0.241 e. The maximum atomic E-state index is 6.08. The first-order chi connectivity index (χ1) is 7.16. The first-order valence-corrected chi connectivity index (χ1v) is 5.80. The third kappa shape index (κ3) is 2.51. The van der Waals surface area contributed by atoms with Crippen LogP contribution < -0.4 is 0 Å². The average Bonchev–Trinajstić information content (AvgIpc) is 2.17. The van der Waals surface area contributed by atoms with Crippen molar-refractivity contribution in [1.82, 2.24) is 4.98 Å². The maximum absolute atomic E-state index is 6.08. The van der Waals surface area contributed by atoms with E-state index in [1.165, 1.54) is 0 Å². The summed E-state index contributed by atoms with van der Waals surface area (Å²) >= 11 is 15.2. The van der Waals surface area contributed by atoms with Gasteiger partial charge in [-0.05, 0) is 46.3 Å². The summed E-state index contributed by atoms with van der Waals surface area (Å²) in [6.07, 6.45) is 0. The van der Waals surface area contributed by atoms with Crippen LogP contribution in [-0.4, -0.2) is 4.98 Å². The van der Waals surface area contributed by atoms with E-state index < -0.39 is 0 Å². The molecule has 0 aliphatic carbocycles. The highest BCUT2D eigenvalue weighted by Gasteiger charge is 2.05. The zero-order chi connectivity index (χ0) is 10.8. The molecule has 0 saturated heterocycles. The second-order valence-corrected chi connectivity index (χ2v) is 4.63. The maximum Gasteiger partial charge on any atom is 0.106 e. The highest BCUT2D eigenvalue weighted by Crippen LogP contribution is 2.29. The molecule has 1 aromatic heterocycles. The topological polar surface area (TPSA) is 12.9 Å².